The number of rotatable bonds is 5. The Kier molecular flexibility index (Phi) is 4.22. The standard InChI is InChI=1S/C15H15NO4/c16-14(15(18)19)9-10-1-5-12(6-2-10)20-13-7-3-11(17)4-8-13/h1-8,14,17H,9,16H2,(H,18,19)/t14-/m0/s1/i1+1,5+1,9+1,10+1,12+1,14+1. The molecule has 1 atom stereocenters. The van der Waals surface area contributed by atoms with Crippen molar-refractivity contribution in [2.75, 3.05) is 0 Å². The van der Waals surface area contributed by atoms with Gasteiger partial charge in [0.25, 0.3) is 0 Å². The van der Waals surface area contributed by atoms with Crippen molar-refractivity contribution in [1.82, 2.24) is 0 Å². The van der Waals surface area contributed by atoms with Crippen LogP contribution in [0.5, 0.6) is 17.2 Å². The maximum Gasteiger partial charge on any atom is 0.320 e. The van der Waals surface area contributed by atoms with Crippen LogP contribution < -0.4 is 10.5 Å². The molecule has 2 aromatic rings. The van der Waals surface area contributed by atoms with E-state index in [-0.39, 0.29) is 12.2 Å². The first-order valence-electron chi connectivity index (χ1n) is 6.09. The maximum absolute atomic E-state index is 10.7. The first-order valence-corrected chi connectivity index (χ1v) is 6.09. The van der Waals surface area contributed by atoms with Crippen LogP contribution in [0.25, 0.3) is 0 Å². The van der Waals surface area contributed by atoms with Gasteiger partial charge in [-0.05, 0) is 48.4 Å². The number of ether oxygens (including phenoxy) is 1. The second kappa shape index (κ2) is 6.08. The second-order valence-corrected chi connectivity index (χ2v) is 4.39. The molecule has 0 heterocycles. The van der Waals surface area contributed by atoms with Crippen LogP contribution in [0.15, 0.2) is 48.5 Å². The van der Waals surface area contributed by atoms with Gasteiger partial charge in [-0.15, -0.1) is 0 Å². The maximum atomic E-state index is 10.7. The molecule has 0 saturated carbocycles. The van der Waals surface area contributed by atoms with Crippen molar-refractivity contribution < 1.29 is 19.7 Å². The van der Waals surface area contributed by atoms with E-state index in [1.54, 1.807) is 36.4 Å². The molecule has 0 fully saturated rings. The number of aromatic hydroxyl groups is 1. The van der Waals surface area contributed by atoms with Gasteiger partial charge >= 0.3 is 5.97 Å². The molecule has 0 amide bonds. The third-order valence-electron chi connectivity index (χ3n) is 2.77. The summed E-state index contributed by atoms with van der Waals surface area (Å²) in [7, 11) is 0. The fourth-order valence-corrected chi connectivity index (χ4v) is 1.69. The minimum absolute atomic E-state index is 0.176. The molecule has 5 nitrogen and oxygen atoms in total. The highest BCUT2D eigenvalue weighted by atomic mass is 16.5. The van der Waals surface area contributed by atoms with Crippen LogP contribution in [0.1, 0.15) is 5.56 Å². The van der Waals surface area contributed by atoms with E-state index in [1.807, 2.05) is 0 Å². The van der Waals surface area contributed by atoms with Gasteiger partial charge in [-0.3, -0.25) is 4.79 Å². The third kappa shape index (κ3) is 3.73. The number of hydrogen-bond donors (Lipinski definition) is 3. The van der Waals surface area contributed by atoms with Crippen LogP contribution in [0, 0.1) is 0 Å². The zero-order valence-corrected chi connectivity index (χ0v) is 10.7. The number of nitrogens with two attached hydrogens (primary N) is 1. The summed E-state index contributed by atoms with van der Waals surface area (Å²) in [6.45, 7) is 0. The normalized spacial score (nSPS) is 11.8. The second-order valence-electron chi connectivity index (χ2n) is 4.39. The quantitative estimate of drug-likeness (QED) is 0.729. The van der Waals surface area contributed by atoms with Crippen molar-refractivity contribution >= 4 is 5.97 Å². The molecule has 0 aliphatic carbocycles. The lowest BCUT2D eigenvalue weighted by molar-refractivity contribution is -0.138. The van der Waals surface area contributed by atoms with Crippen molar-refractivity contribution in [1.29, 1.82) is 0 Å². The summed E-state index contributed by atoms with van der Waals surface area (Å²) in [6.07, 6.45) is 0.273. The lowest BCUT2D eigenvalue weighted by Crippen LogP contribution is -2.32. The number of hydrogen-bond acceptors (Lipinski definition) is 4. The molecule has 0 aliphatic rings. The number of carboxylic acids is 1. The zero-order chi connectivity index (χ0) is 14.5. The van der Waals surface area contributed by atoms with Crippen LogP contribution >= 0.6 is 0 Å². The number of carboxylic acid groups (broad SMARTS) is 1. The van der Waals surface area contributed by atoms with E-state index in [0.717, 1.165) is 5.56 Å². The highest BCUT2D eigenvalue weighted by molar-refractivity contribution is 5.73. The van der Waals surface area contributed by atoms with Crippen LogP contribution in [0.3, 0.4) is 0 Å². The third-order valence-corrected chi connectivity index (χ3v) is 2.77. The molecule has 0 radical (unpaired) electrons. The predicted octanol–water partition coefficient (Wildman–Crippen LogP) is 2.14. The highest BCUT2D eigenvalue weighted by Crippen LogP contribution is 2.23. The molecule has 4 N–H and O–H groups in total. The van der Waals surface area contributed by atoms with E-state index in [9.17, 15) is 9.90 Å². The summed E-state index contributed by atoms with van der Waals surface area (Å²) in [6, 6.07) is 12.5. The van der Waals surface area contributed by atoms with Crippen LogP contribution in [0.2, 0.25) is 0 Å². The Balaban J connectivity index is 2.01. The number of phenolic OH excluding ortho intramolecular Hbond substituents is 1. The molecule has 2 aromatic carbocycles. The van der Waals surface area contributed by atoms with E-state index in [2.05, 4.69) is 0 Å². The Morgan fingerprint density at radius 1 is 1.05 bits per heavy atom. The van der Waals surface area contributed by atoms with Crippen LogP contribution in [0.4, 0.5) is 0 Å². The molecule has 2 rings (SSSR count). The van der Waals surface area contributed by atoms with Gasteiger partial charge in [-0.1, -0.05) is 12.1 Å². The number of carbonyl (C=O) groups is 1. The van der Waals surface area contributed by atoms with E-state index in [4.69, 9.17) is 15.6 Å². The van der Waals surface area contributed by atoms with E-state index in [0.29, 0.717) is 11.5 Å². The van der Waals surface area contributed by atoms with Gasteiger partial charge < -0.3 is 20.7 Å². The summed E-state index contributed by atoms with van der Waals surface area (Å²) >= 11 is 0. The van der Waals surface area contributed by atoms with Crippen molar-refractivity contribution in [3.63, 3.8) is 0 Å². The summed E-state index contributed by atoms with van der Waals surface area (Å²) in [5, 5.41) is 17.9. The first-order chi connectivity index (χ1) is 9.54. The Hall–Kier alpha value is -2.53. The molecule has 104 valence electrons. The Bertz CT molecular complexity index is 578. The van der Waals surface area contributed by atoms with Gasteiger partial charge in [0.1, 0.15) is 23.3 Å². The van der Waals surface area contributed by atoms with Gasteiger partial charge in [0.2, 0.25) is 0 Å². The fraction of sp³-hybridized carbons (Fsp3) is 0.133. The van der Waals surface area contributed by atoms with Gasteiger partial charge in [0.15, 0.2) is 0 Å². The molecule has 0 unspecified atom stereocenters. The Morgan fingerprint density at radius 2 is 1.55 bits per heavy atom. The molecule has 0 bridgehead atoms. The lowest BCUT2D eigenvalue weighted by Gasteiger charge is -2.08. The fourth-order valence-electron chi connectivity index (χ4n) is 1.69. The van der Waals surface area contributed by atoms with Crippen LogP contribution in [-0.4, -0.2) is 22.2 Å². The van der Waals surface area contributed by atoms with Gasteiger partial charge in [0.05, 0.1) is 0 Å². The van der Waals surface area contributed by atoms with Gasteiger partial charge in [-0.2, -0.15) is 0 Å². The SMILES string of the molecule is N[13C@@H]([13CH2][13c]1cc[13c](Oc2ccc(O)cc2)[13cH][13cH]1)C(=O)O. The molecule has 0 aliphatic heterocycles. The zero-order valence-electron chi connectivity index (χ0n) is 10.7. The average Bonchev–Trinajstić information content (AvgIpc) is 2.43. The van der Waals surface area contributed by atoms with E-state index in [1.165, 1.54) is 12.1 Å². The number of aliphatic carboxylic acids is 1. The topological polar surface area (TPSA) is 92.8 Å². The van der Waals surface area contributed by atoms with Gasteiger partial charge in [-0.25, -0.2) is 0 Å². The summed E-state index contributed by atoms with van der Waals surface area (Å²) in [4.78, 5) is 10.7. The highest BCUT2D eigenvalue weighted by Gasteiger charge is 2.11. The first kappa shape index (κ1) is 13.9. The van der Waals surface area contributed by atoms with Gasteiger partial charge in [0, 0.05) is 0 Å². The van der Waals surface area contributed by atoms with Crippen molar-refractivity contribution in [2.24, 2.45) is 5.73 Å². The Morgan fingerprint density at radius 3 is 2.05 bits per heavy atom. The minimum Gasteiger partial charge on any atom is -0.508 e. The van der Waals surface area contributed by atoms with Crippen LogP contribution in [-0.2, 0) is 11.2 Å². The molecule has 0 spiro atoms. The monoisotopic (exact) mass is 279 g/mol. The predicted molar refractivity (Wildman–Crippen MR) is 73.9 cm³/mol. The van der Waals surface area contributed by atoms with Crippen molar-refractivity contribution in [3.05, 3.63) is 54.1 Å². The van der Waals surface area contributed by atoms with Crippen molar-refractivity contribution in [2.45, 2.75) is 12.5 Å². The summed E-state index contributed by atoms with van der Waals surface area (Å²) in [5.74, 6) is 0.394. The smallest absolute Gasteiger partial charge is 0.320 e. The number of phenols is 1. The molecule has 0 saturated heterocycles. The molecule has 20 heavy (non-hydrogen) atoms. The lowest BCUT2D eigenvalue weighted by atomic mass is 10.3. The molecule has 0 aromatic heterocycles. The summed E-state index contributed by atoms with van der Waals surface area (Å²) in [5.41, 5.74) is 6.30. The van der Waals surface area contributed by atoms with Crippen molar-refractivity contribution in [3.8, 4) is 17.2 Å². The molecular weight excluding hydrogens is 264 g/mol. The number of benzene rings is 2. The largest absolute Gasteiger partial charge is 0.508 e. The van der Waals surface area contributed by atoms with E-state index < -0.39 is 12.0 Å². The molecule has 5 heteroatoms. The van der Waals surface area contributed by atoms with E-state index >= 15 is 0 Å². The Labute approximate surface area is 116 Å². The average molecular weight is 279 g/mol. The summed E-state index contributed by atoms with van der Waals surface area (Å²) < 4.78 is 5.58. The molecular formula is C15H15NO4. The minimum atomic E-state index is -1.02.